The molecule has 144 valence electrons. The molecule has 2 fully saturated rings. The van der Waals surface area contributed by atoms with Crippen LogP contribution in [0.25, 0.3) is 0 Å². The molecule has 2 aliphatic rings. The van der Waals surface area contributed by atoms with Gasteiger partial charge in [-0.1, -0.05) is 17.7 Å². The highest BCUT2D eigenvalue weighted by Crippen LogP contribution is 2.18. The summed E-state index contributed by atoms with van der Waals surface area (Å²) in [6.45, 7) is 6.14. The minimum Gasteiger partial charge on any atom is -0.352 e. The van der Waals surface area contributed by atoms with Gasteiger partial charge in [0.15, 0.2) is 0 Å². The number of nitrogens with one attached hydrogen (secondary N) is 2. The summed E-state index contributed by atoms with van der Waals surface area (Å²) >= 11 is 0. The molecule has 0 aliphatic carbocycles. The number of carbonyl (C=O) groups is 1. The van der Waals surface area contributed by atoms with E-state index in [9.17, 15) is 13.2 Å². The van der Waals surface area contributed by atoms with Crippen LogP contribution in [-0.4, -0.2) is 75.4 Å². The van der Waals surface area contributed by atoms with Crippen LogP contribution in [0, 0.1) is 6.92 Å². The lowest BCUT2D eigenvalue weighted by atomic mass is 10.1. The van der Waals surface area contributed by atoms with Crippen molar-refractivity contribution < 1.29 is 13.2 Å². The van der Waals surface area contributed by atoms with Gasteiger partial charge in [0.25, 0.3) is 0 Å². The van der Waals surface area contributed by atoms with Crippen LogP contribution >= 0.6 is 0 Å². The Kier molecular flexibility index (Phi) is 6.29. The van der Waals surface area contributed by atoms with E-state index in [0.717, 1.165) is 31.5 Å². The number of amides is 1. The molecule has 3 rings (SSSR count). The van der Waals surface area contributed by atoms with E-state index in [1.807, 2.05) is 24.0 Å². The number of nitrogens with zero attached hydrogens (tertiary/aromatic N) is 2. The summed E-state index contributed by atoms with van der Waals surface area (Å²) in [5, 5.41) is 6.37. The van der Waals surface area contributed by atoms with Crippen LogP contribution in [-0.2, 0) is 14.8 Å². The van der Waals surface area contributed by atoms with Crippen molar-refractivity contribution in [3.63, 3.8) is 0 Å². The van der Waals surface area contributed by atoms with E-state index < -0.39 is 10.0 Å². The lowest BCUT2D eigenvalue weighted by Crippen LogP contribution is -2.52. The number of piperidine rings is 1. The molecule has 7 nitrogen and oxygen atoms in total. The number of hydrogen-bond acceptors (Lipinski definition) is 5. The molecular weight excluding hydrogens is 352 g/mol. The number of benzene rings is 1. The van der Waals surface area contributed by atoms with Gasteiger partial charge >= 0.3 is 0 Å². The van der Waals surface area contributed by atoms with Crippen LogP contribution in [0.2, 0.25) is 0 Å². The van der Waals surface area contributed by atoms with E-state index in [1.54, 1.807) is 12.1 Å². The highest BCUT2D eigenvalue weighted by molar-refractivity contribution is 7.89. The first kappa shape index (κ1) is 19.3. The quantitative estimate of drug-likeness (QED) is 0.761. The van der Waals surface area contributed by atoms with Crippen LogP contribution < -0.4 is 10.6 Å². The van der Waals surface area contributed by atoms with Crippen molar-refractivity contribution in [1.82, 2.24) is 19.8 Å². The molecular formula is C18H28N4O3S. The lowest BCUT2D eigenvalue weighted by molar-refractivity contribution is -0.123. The molecule has 2 N–H and O–H groups in total. The van der Waals surface area contributed by atoms with Crippen molar-refractivity contribution in [2.24, 2.45) is 0 Å². The molecule has 0 saturated carbocycles. The number of hydrogen-bond donors (Lipinski definition) is 2. The number of sulfonamides is 1. The van der Waals surface area contributed by atoms with E-state index in [0.29, 0.717) is 37.6 Å². The summed E-state index contributed by atoms with van der Waals surface area (Å²) in [6.07, 6.45) is 1.93. The van der Waals surface area contributed by atoms with Crippen LogP contribution in [0.15, 0.2) is 29.2 Å². The third kappa shape index (κ3) is 4.82. The first-order valence-electron chi connectivity index (χ1n) is 9.24. The highest BCUT2D eigenvalue weighted by atomic mass is 32.2. The maximum absolute atomic E-state index is 12.7. The molecule has 8 heteroatoms. The monoisotopic (exact) mass is 380 g/mol. The third-order valence-electron chi connectivity index (χ3n) is 5.06. The summed E-state index contributed by atoms with van der Waals surface area (Å²) in [4.78, 5) is 14.6. The summed E-state index contributed by atoms with van der Waals surface area (Å²) in [7, 11) is -3.45. The minimum absolute atomic E-state index is 0.0340. The van der Waals surface area contributed by atoms with Crippen molar-refractivity contribution in [3.8, 4) is 0 Å². The first-order valence-corrected chi connectivity index (χ1v) is 10.7. The Morgan fingerprint density at radius 2 is 1.73 bits per heavy atom. The van der Waals surface area contributed by atoms with Crippen LogP contribution in [0.4, 0.5) is 0 Å². The zero-order valence-electron chi connectivity index (χ0n) is 15.3. The van der Waals surface area contributed by atoms with E-state index in [4.69, 9.17) is 0 Å². The predicted octanol–water partition coefficient (Wildman–Crippen LogP) is 0.170. The third-order valence-corrected chi connectivity index (χ3v) is 6.97. The van der Waals surface area contributed by atoms with E-state index in [-0.39, 0.29) is 11.9 Å². The average molecular weight is 381 g/mol. The fraction of sp³-hybridized carbons (Fsp3) is 0.611. The summed E-state index contributed by atoms with van der Waals surface area (Å²) in [6, 6.07) is 7.20. The maximum atomic E-state index is 12.7. The Morgan fingerprint density at radius 1 is 1.12 bits per heavy atom. The SMILES string of the molecule is Cc1ccc(S(=O)(=O)N2CCN(CC(=O)NC3CCNCC3)CC2)cc1. The van der Waals surface area contributed by atoms with Gasteiger partial charge < -0.3 is 10.6 Å². The average Bonchev–Trinajstić information content (AvgIpc) is 2.63. The van der Waals surface area contributed by atoms with Gasteiger partial charge in [-0.15, -0.1) is 0 Å². The molecule has 0 spiro atoms. The van der Waals surface area contributed by atoms with Gasteiger partial charge in [0, 0.05) is 32.2 Å². The lowest BCUT2D eigenvalue weighted by Gasteiger charge is -2.34. The molecule has 1 aromatic carbocycles. The molecule has 0 radical (unpaired) electrons. The Hall–Kier alpha value is -1.48. The van der Waals surface area contributed by atoms with Gasteiger partial charge in [0.05, 0.1) is 11.4 Å². The van der Waals surface area contributed by atoms with Gasteiger partial charge in [-0.3, -0.25) is 9.69 Å². The van der Waals surface area contributed by atoms with Crippen molar-refractivity contribution in [2.75, 3.05) is 45.8 Å². The highest BCUT2D eigenvalue weighted by Gasteiger charge is 2.29. The molecule has 26 heavy (non-hydrogen) atoms. The number of rotatable bonds is 5. The van der Waals surface area contributed by atoms with Crippen LogP contribution in [0.1, 0.15) is 18.4 Å². The van der Waals surface area contributed by atoms with E-state index in [1.165, 1.54) is 4.31 Å². The molecule has 2 saturated heterocycles. The Morgan fingerprint density at radius 3 is 2.35 bits per heavy atom. The minimum atomic E-state index is -3.45. The number of aryl methyl sites for hydroxylation is 1. The van der Waals surface area contributed by atoms with Gasteiger partial charge in [-0.05, 0) is 45.0 Å². The van der Waals surface area contributed by atoms with Crippen molar-refractivity contribution >= 4 is 15.9 Å². The standard InChI is InChI=1S/C18H28N4O3S/c1-15-2-4-17(5-3-15)26(24,25)22-12-10-21(11-13-22)14-18(23)20-16-6-8-19-9-7-16/h2-5,16,19H,6-14H2,1H3,(H,20,23). The van der Waals surface area contributed by atoms with Crippen molar-refractivity contribution in [2.45, 2.75) is 30.7 Å². The van der Waals surface area contributed by atoms with Crippen LogP contribution in [0.5, 0.6) is 0 Å². The largest absolute Gasteiger partial charge is 0.352 e. The van der Waals surface area contributed by atoms with Gasteiger partial charge in [0.2, 0.25) is 15.9 Å². The first-order chi connectivity index (χ1) is 12.4. The Bertz CT molecular complexity index is 706. The fourth-order valence-electron chi connectivity index (χ4n) is 3.43. The predicted molar refractivity (Wildman–Crippen MR) is 100 cm³/mol. The normalized spacial score (nSPS) is 20.8. The number of carbonyl (C=O) groups excluding carboxylic acids is 1. The molecule has 0 atom stereocenters. The number of piperazine rings is 1. The topological polar surface area (TPSA) is 81.8 Å². The molecule has 0 bridgehead atoms. The second-order valence-corrected chi connectivity index (χ2v) is 9.02. The zero-order chi connectivity index (χ0) is 18.6. The van der Waals surface area contributed by atoms with Gasteiger partial charge in [-0.2, -0.15) is 4.31 Å². The molecule has 0 aromatic heterocycles. The van der Waals surface area contributed by atoms with Gasteiger partial charge in [0.1, 0.15) is 0 Å². The second-order valence-electron chi connectivity index (χ2n) is 7.09. The van der Waals surface area contributed by atoms with Crippen LogP contribution in [0.3, 0.4) is 0 Å². The molecule has 2 aliphatic heterocycles. The zero-order valence-corrected chi connectivity index (χ0v) is 16.1. The Balaban J connectivity index is 1.49. The fourth-order valence-corrected chi connectivity index (χ4v) is 4.85. The molecule has 1 aromatic rings. The molecule has 0 unspecified atom stereocenters. The summed E-state index contributed by atoms with van der Waals surface area (Å²) < 4.78 is 26.9. The summed E-state index contributed by atoms with van der Waals surface area (Å²) in [5.41, 5.74) is 1.04. The second kappa shape index (κ2) is 8.47. The maximum Gasteiger partial charge on any atom is 0.243 e. The van der Waals surface area contributed by atoms with E-state index >= 15 is 0 Å². The van der Waals surface area contributed by atoms with Gasteiger partial charge in [-0.25, -0.2) is 8.42 Å². The van der Waals surface area contributed by atoms with Crippen molar-refractivity contribution in [3.05, 3.63) is 29.8 Å². The molecule has 1 amide bonds. The molecule has 2 heterocycles. The van der Waals surface area contributed by atoms with Crippen molar-refractivity contribution in [1.29, 1.82) is 0 Å². The summed E-state index contributed by atoms with van der Waals surface area (Å²) in [5.74, 6) is 0.0340. The smallest absolute Gasteiger partial charge is 0.243 e. The van der Waals surface area contributed by atoms with E-state index in [2.05, 4.69) is 10.6 Å². The Labute approximate surface area is 155 Å².